The molecule has 5 nitrogen and oxygen atoms in total. The van der Waals surface area contributed by atoms with Crippen molar-refractivity contribution in [3.8, 4) is 0 Å². The zero-order valence-electron chi connectivity index (χ0n) is 14.8. The third kappa shape index (κ3) is 4.09. The van der Waals surface area contributed by atoms with Crippen LogP contribution in [0.3, 0.4) is 0 Å². The van der Waals surface area contributed by atoms with Gasteiger partial charge in [0.15, 0.2) is 5.82 Å². The Morgan fingerprint density at radius 3 is 2.54 bits per heavy atom. The molecule has 1 aliphatic heterocycles. The number of halogens is 3. The van der Waals surface area contributed by atoms with Crippen molar-refractivity contribution in [3.63, 3.8) is 0 Å². The minimum absolute atomic E-state index is 0.137. The molecule has 0 aliphatic carbocycles. The van der Waals surface area contributed by atoms with Crippen LogP contribution in [0.5, 0.6) is 0 Å². The number of hydrogen-bond acceptors (Lipinski definition) is 5. The number of fused-ring (bicyclic) bond motifs is 1. The fourth-order valence-corrected chi connectivity index (χ4v) is 3.16. The summed E-state index contributed by atoms with van der Waals surface area (Å²) in [6.07, 6.45) is 0.849. The highest BCUT2D eigenvalue weighted by atomic mass is 32.2. The van der Waals surface area contributed by atoms with Crippen molar-refractivity contribution in [2.75, 3.05) is 24.7 Å². The maximum absolute atomic E-state index is 12.9. The number of rotatable bonds is 2. The van der Waals surface area contributed by atoms with Crippen LogP contribution in [0.25, 0.3) is 0 Å². The molecule has 9 heteroatoms. The predicted octanol–water partition coefficient (Wildman–Crippen LogP) is 3.83. The first kappa shape index (κ1) is 20.0. The topological polar surface area (TPSA) is 58.5 Å². The van der Waals surface area contributed by atoms with Gasteiger partial charge in [-0.05, 0) is 12.1 Å². The molecule has 0 fully saturated rings. The molecule has 0 bridgehead atoms. The highest BCUT2D eigenvalue weighted by molar-refractivity contribution is 7.84. The fraction of sp³-hybridized carbons (Fsp3) is 0.353. The zero-order chi connectivity index (χ0) is 19.5. The van der Waals surface area contributed by atoms with Crippen molar-refractivity contribution >= 4 is 28.0 Å². The second kappa shape index (κ2) is 7.94. The van der Waals surface area contributed by atoms with E-state index in [4.69, 9.17) is 0 Å². The molecular formula is C17H19F3N4OS. The van der Waals surface area contributed by atoms with Gasteiger partial charge >= 0.3 is 6.18 Å². The van der Waals surface area contributed by atoms with Crippen LogP contribution >= 0.6 is 0 Å². The summed E-state index contributed by atoms with van der Waals surface area (Å²) >= 11 is 0. The Hall–Kier alpha value is -2.29. The number of pyridine rings is 2. The van der Waals surface area contributed by atoms with Crippen LogP contribution in [-0.4, -0.2) is 39.7 Å². The first-order valence-corrected chi connectivity index (χ1v) is 9.47. The summed E-state index contributed by atoms with van der Waals surface area (Å²) in [6.45, 7) is 4.35. The molecule has 3 heterocycles. The fourth-order valence-electron chi connectivity index (χ4n) is 2.45. The Bertz CT molecular complexity index is 852. The summed E-state index contributed by atoms with van der Waals surface area (Å²) in [6, 6.07) is 2.64. The molecule has 140 valence electrons. The summed E-state index contributed by atoms with van der Waals surface area (Å²) in [5.41, 5.74) is 0.423. The average molecular weight is 384 g/mol. The lowest BCUT2D eigenvalue weighted by atomic mass is 10.1. The van der Waals surface area contributed by atoms with Crippen molar-refractivity contribution in [2.24, 2.45) is 4.99 Å². The van der Waals surface area contributed by atoms with Gasteiger partial charge in [-0.25, -0.2) is 9.98 Å². The van der Waals surface area contributed by atoms with Crippen molar-refractivity contribution in [1.29, 1.82) is 0 Å². The lowest BCUT2D eigenvalue weighted by molar-refractivity contribution is -0.137. The second-order valence-corrected chi connectivity index (χ2v) is 6.65. The van der Waals surface area contributed by atoms with E-state index in [-0.39, 0.29) is 5.69 Å². The maximum Gasteiger partial charge on any atom is 0.417 e. The Kier molecular flexibility index (Phi) is 6.12. The van der Waals surface area contributed by atoms with E-state index in [0.717, 1.165) is 12.3 Å². The van der Waals surface area contributed by atoms with Gasteiger partial charge in [0.1, 0.15) is 5.69 Å². The summed E-state index contributed by atoms with van der Waals surface area (Å²) in [4.78, 5) is 14.4. The summed E-state index contributed by atoms with van der Waals surface area (Å²) in [5.74, 6) is 0.375. The Morgan fingerprint density at radius 1 is 1.23 bits per heavy atom. The number of alkyl halides is 3. The second-order valence-electron chi connectivity index (χ2n) is 5.31. The van der Waals surface area contributed by atoms with Gasteiger partial charge in [-0.2, -0.15) is 13.2 Å². The van der Waals surface area contributed by atoms with E-state index in [1.54, 1.807) is 18.0 Å². The molecule has 2 aromatic heterocycles. The van der Waals surface area contributed by atoms with Crippen LogP contribution in [0.4, 0.5) is 24.7 Å². The van der Waals surface area contributed by atoms with Gasteiger partial charge < -0.3 is 4.90 Å². The molecule has 0 aromatic carbocycles. The van der Waals surface area contributed by atoms with Gasteiger partial charge in [0.05, 0.1) is 33.5 Å². The van der Waals surface area contributed by atoms with Gasteiger partial charge in [-0.1, -0.05) is 13.8 Å². The lowest BCUT2D eigenvalue weighted by Gasteiger charge is -2.26. The van der Waals surface area contributed by atoms with Crippen LogP contribution in [0.2, 0.25) is 0 Å². The van der Waals surface area contributed by atoms with E-state index >= 15 is 0 Å². The van der Waals surface area contributed by atoms with Crippen molar-refractivity contribution < 1.29 is 17.4 Å². The van der Waals surface area contributed by atoms with E-state index in [9.17, 15) is 17.4 Å². The van der Waals surface area contributed by atoms with Gasteiger partial charge in [0.25, 0.3) is 0 Å². The Morgan fingerprint density at radius 2 is 1.92 bits per heavy atom. The van der Waals surface area contributed by atoms with E-state index in [1.165, 1.54) is 18.6 Å². The summed E-state index contributed by atoms with van der Waals surface area (Å²) < 4.78 is 50.5. The highest BCUT2D eigenvalue weighted by Crippen LogP contribution is 2.37. The number of aromatic nitrogens is 2. The molecule has 2 aromatic rings. The molecule has 1 atom stereocenters. The SMILES string of the molecule is CC.CN1CC(c2ccncc2S(C)=O)=Nc2cc(C(F)(F)F)cnc21. The molecule has 0 saturated carbocycles. The molecule has 0 radical (unpaired) electrons. The molecule has 26 heavy (non-hydrogen) atoms. The third-order valence-electron chi connectivity index (χ3n) is 3.58. The van der Waals surface area contributed by atoms with E-state index in [2.05, 4.69) is 15.0 Å². The standard InChI is InChI=1S/C15H13F3N4OS.C2H6/c1-22-8-12(10-3-4-19-7-13(10)24(2)23)21-11-5-9(15(16,17)18)6-20-14(11)22;1-2/h3-7H,8H2,1-2H3;1-2H3. The molecule has 1 unspecified atom stereocenters. The monoisotopic (exact) mass is 384 g/mol. The predicted molar refractivity (Wildman–Crippen MR) is 96.6 cm³/mol. The van der Waals surface area contributed by atoms with Crippen molar-refractivity contribution in [3.05, 3.63) is 41.9 Å². The smallest absolute Gasteiger partial charge is 0.352 e. The molecule has 0 amide bonds. The van der Waals surface area contributed by atoms with Gasteiger partial charge in [-0.3, -0.25) is 9.19 Å². The lowest BCUT2D eigenvalue weighted by Crippen LogP contribution is -2.30. The van der Waals surface area contributed by atoms with Crippen molar-refractivity contribution in [1.82, 2.24) is 9.97 Å². The summed E-state index contributed by atoms with van der Waals surface area (Å²) in [5, 5.41) is 0. The van der Waals surface area contributed by atoms with Crippen LogP contribution in [0, 0.1) is 0 Å². The molecule has 1 aliphatic rings. The van der Waals surface area contributed by atoms with E-state index in [0.29, 0.717) is 28.5 Å². The molecule has 3 rings (SSSR count). The van der Waals surface area contributed by atoms with Gasteiger partial charge in [0, 0.05) is 37.5 Å². The summed E-state index contributed by atoms with van der Waals surface area (Å²) in [7, 11) is 0.433. The Labute approximate surface area is 152 Å². The van der Waals surface area contributed by atoms with E-state index in [1.807, 2.05) is 13.8 Å². The first-order valence-electron chi connectivity index (χ1n) is 7.91. The number of hydrogen-bond donors (Lipinski definition) is 0. The zero-order valence-corrected chi connectivity index (χ0v) is 15.6. The van der Waals surface area contributed by atoms with Crippen LogP contribution in [0.1, 0.15) is 25.0 Å². The van der Waals surface area contributed by atoms with E-state index < -0.39 is 22.5 Å². The van der Waals surface area contributed by atoms with Gasteiger partial charge in [-0.15, -0.1) is 0 Å². The van der Waals surface area contributed by atoms with Crippen LogP contribution in [0.15, 0.2) is 40.6 Å². The molecule has 0 N–H and O–H groups in total. The third-order valence-corrected chi connectivity index (χ3v) is 4.53. The van der Waals surface area contributed by atoms with Crippen molar-refractivity contribution in [2.45, 2.75) is 24.9 Å². The Balaban J connectivity index is 0.00000117. The molecular weight excluding hydrogens is 365 g/mol. The minimum Gasteiger partial charge on any atom is -0.352 e. The minimum atomic E-state index is -4.49. The molecule has 0 saturated heterocycles. The number of anilines is 1. The quantitative estimate of drug-likeness (QED) is 0.790. The molecule has 0 spiro atoms. The number of aliphatic imine (C=N–C) groups is 1. The first-order chi connectivity index (χ1) is 12.3. The number of nitrogens with zero attached hydrogens (tertiary/aromatic N) is 4. The largest absolute Gasteiger partial charge is 0.417 e. The normalized spacial score (nSPS) is 14.7. The average Bonchev–Trinajstić information content (AvgIpc) is 2.62. The van der Waals surface area contributed by atoms with Gasteiger partial charge in [0.2, 0.25) is 0 Å². The highest BCUT2D eigenvalue weighted by Gasteiger charge is 2.33. The maximum atomic E-state index is 12.9. The van der Waals surface area contributed by atoms with Crippen LogP contribution in [-0.2, 0) is 17.0 Å². The number of likely N-dealkylation sites (N-methyl/N-ethyl adjacent to an activating group) is 1. The van der Waals surface area contributed by atoms with Crippen LogP contribution < -0.4 is 4.90 Å².